The van der Waals surface area contributed by atoms with Crippen molar-refractivity contribution in [2.45, 2.75) is 18.0 Å². The van der Waals surface area contributed by atoms with Gasteiger partial charge in [-0.2, -0.15) is 0 Å². The van der Waals surface area contributed by atoms with Crippen molar-refractivity contribution in [2.24, 2.45) is 0 Å². The van der Waals surface area contributed by atoms with E-state index in [1.807, 2.05) is 30.3 Å². The van der Waals surface area contributed by atoms with Gasteiger partial charge in [-0.05, 0) is 36.8 Å². The number of amides is 2. The first kappa shape index (κ1) is 19.8. The van der Waals surface area contributed by atoms with E-state index in [1.165, 1.54) is 11.8 Å². The van der Waals surface area contributed by atoms with Crippen molar-refractivity contribution in [2.75, 3.05) is 19.5 Å². The van der Waals surface area contributed by atoms with Crippen LogP contribution in [0.15, 0.2) is 65.0 Å². The van der Waals surface area contributed by atoms with E-state index in [0.29, 0.717) is 22.8 Å². The molecule has 1 unspecified atom stereocenters. The van der Waals surface area contributed by atoms with E-state index in [1.54, 1.807) is 32.4 Å². The molecule has 8 heteroatoms. The number of thioether (sulfide) groups is 1. The van der Waals surface area contributed by atoms with E-state index < -0.39 is 12.0 Å². The van der Waals surface area contributed by atoms with Crippen LogP contribution in [0.3, 0.4) is 0 Å². The van der Waals surface area contributed by atoms with E-state index in [0.717, 1.165) is 10.6 Å². The highest BCUT2D eigenvalue weighted by atomic mass is 32.2. The second-order valence-electron chi connectivity index (χ2n) is 5.87. The molecule has 0 aliphatic carbocycles. The number of nitrogens with one attached hydrogen (secondary N) is 2. The van der Waals surface area contributed by atoms with E-state index in [-0.39, 0.29) is 12.6 Å². The van der Waals surface area contributed by atoms with E-state index in [9.17, 15) is 9.59 Å². The molecule has 2 amide bonds. The molecule has 2 heterocycles. The lowest BCUT2D eigenvalue weighted by atomic mass is 9.95. The van der Waals surface area contributed by atoms with Gasteiger partial charge >= 0.3 is 12.0 Å². The smallest absolute Gasteiger partial charge is 0.338 e. The van der Waals surface area contributed by atoms with Gasteiger partial charge in [-0.15, -0.1) is 11.8 Å². The SMILES string of the molecule is CCOC(=O)C1=C(CSc2ccccn2)NC(=O)NC1c1ccc(OC)cc1. The fraction of sp³-hybridized carbons (Fsp3) is 0.250. The third-order valence-electron chi connectivity index (χ3n) is 4.10. The number of methoxy groups -OCH3 is 1. The third kappa shape index (κ3) is 4.64. The molecule has 1 aromatic heterocycles. The summed E-state index contributed by atoms with van der Waals surface area (Å²) in [5.41, 5.74) is 1.66. The van der Waals surface area contributed by atoms with Gasteiger partial charge in [0.25, 0.3) is 0 Å². The van der Waals surface area contributed by atoms with Crippen LogP contribution in [0.25, 0.3) is 0 Å². The molecule has 0 saturated carbocycles. The Morgan fingerprint density at radius 1 is 1.21 bits per heavy atom. The Morgan fingerprint density at radius 2 is 2.00 bits per heavy atom. The van der Waals surface area contributed by atoms with Crippen LogP contribution >= 0.6 is 11.8 Å². The fourth-order valence-electron chi connectivity index (χ4n) is 2.81. The maximum atomic E-state index is 12.7. The number of rotatable bonds is 7. The van der Waals surface area contributed by atoms with E-state index in [2.05, 4.69) is 15.6 Å². The van der Waals surface area contributed by atoms with Gasteiger partial charge in [-0.25, -0.2) is 14.6 Å². The van der Waals surface area contributed by atoms with Crippen LogP contribution < -0.4 is 15.4 Å². The second kappa shape index (κ2) is 9.27. The van der Waals surface area contributed by atoms with Crippen LogP contribution in [-0.2, 0) is 9.53 Å². The monoisotopic (exact) mass is 399 g/mol. The van der Waals surface area contributed by atoms with Crippen molar-refractivity contribution in [3.05, 3.63) is 65.5 Å². The van der Waals surface area contributed by atoms with Gasteiger partial charge in [0.05, 0.1) is 30.4 Å². The number of pyridine rings is 1. The zero-order chi connectivity index (χ0) is 19.9. The molecule has 1 aromatic carbocycles. The minimum Gasteiger partial charge on any atom is -0.497 e. The predicted octanol–water partition coefficient (Wildman–Crippen LogP) is 3.05. The lowest BCUT2D eigenvalue weighted by molar-refractivity contribution is -0.139. The van der Waals surface area contributed by atoms with Crippen molar-refractivity contribution in [3.63, 3.8) is 0 Å². The molecule has 28 heavy (non-hydrogen) atoms. The van der Waals surface area contributed by atoms with Crippen LogP contribution in [-0.4, -0.2) is 36.5 Å². The summed E-state index contributed by atoms with van der Waals surface area (Å²) in [6, 6.07) is 11.8. The number of hydrogen-bond acceptors (Lipinski definition) is 6. The molecule has 2 aromatic rings. The Bertz CT molecular complexity index is 869. The molecule has 0 spiro atoms. The summed E-state index contributed by atoms with van der Waals surface area (Å²) >= 11 is 1.43. The number of benzene rings is 1. The van der Waals surface area contributed by atoms with Crippen molar-refractivity contribution in [3.8, 4) is 5.75 Å². The van der Waals surface area contributed by atoms with Gasteiger partial charge in [0.1, 0.15) is 5.75 Å². The summed E-state index contributed by atoms with van der Waals surface area (Å²) in [6.07, 6.45) is 1.70. The number of urea groups is 1. The number of hydrogen-bond donors (Lipinski definition) is 2. The number of nitrogens with zero attached hydrogens (tertiary/aromatic N) is 1. The Morgan fingerprint density at radius 3 is 2.64 bits per heavy atom. The first-order chi connectivity index (χ1) is 13.6. The van der Waals surface area contributed by atoms with Gasteiger partial charge in [-0.3, -0.25) is 0 Å². The number of carbonyl (C=O) groups excluding carboxylic acids is 2. The minimum absolute atomic E-state index is 0.242. The lowest BCUT2D eigenvalue weighted by Gasteiger charge is -2.29. The largest absolute Gasteiger partial charge is 0.497 e. The summed E-state index contributed by atoms with van der Waals surface area (Å²) in [5.74, 6) is 0.606. The molecule has 1 aliphatic rings. The Balaban J connectivity index is 1.95. The first-order valence-corrected chi connectivity index (χ1v) is 9.76. The molecule has 2 N–H and O–H groups in total. The quantitative estimate of drug-likeness (QED) is 0.549. The van der Waals surface area contributed by atoms with Crippen molar-refractivity contribution < 1.29 is 19.1 Å². The zero-order valence-electron chi connectivity index (χ0n) is 15.6. The third-order valence-corrected chi connectivity index (χ3v) is 5.07. The summed E-state index contributed by atoms with van der Waals surface area (Å²) in [4.78, 5) is 29.2. The van der Waals surface area contributed by atoms with Crippen molar-refractivity contribution in [1.82, 2.24) is 15.6 Å². The van der Waals surface area contributed by atoms with Gasteiger partial charge in [0.15, 0.2) is 0 Å². The minimum atomic E-state index is -0.613. The molecule has 7 nitrogen and oxygen atoms in total. The van der Waals surface area contributed by atoms with Gasteiger partial charge in [0.2, 0.25) is 0 Å². The maximum Gasteiger partial charge on any atom is 0.338 e. The molecular weight excluding hydrogens is 378 g/mol. The number of carbonyl (C=O) groups is 2. The number of aromatic nitrogens is 1. The molecule has 0 fully saturated rings. The fourth-order valence-corrected chi connectivity index (χ4v) is 3.64. The van der Waals surface area contributed by atoms with E-state index >= 15 is 0 Å². The lowest BCUT2D eigenvalue weighted by Crippen LogP contribution is -2.46. The maximum absolute atomic E-state index is 12.7. The van der Waals surface area contributed by atoms with Crippen LogP contribution in [0.5, 0.6) is 5.75 Å². The standard InChI is InChI=1S/C20H21N3O4S/c1-3-27-19(24)17-15(12-28-16-6-4-5-11-21-16)22-20(25)23-18(17)13-7-9-14(26-2)10-8-13/h4-11,18H,3,12H2,1-2H3,(H2,22,23,25). The topological polar surface area (TPSA) is 89.5 Å². The van der Waals surface area contributed by atoms with Crippen LogP contribution in [0.1, 0.15) is 18.5 Å². The van der Waals surface area contributed by atoms with Gasteiger partial charge in [0, 0.05) is 17.6 Å². The van der Waals surface area contributed by atoms with Gasteiger partial charge in [-0.1, -0.05) is 18.2 Å². The summed E-state index contributed by atoms with van der Waals surface area (Å²) < 4.78 is 10.4. The van der Waals surface area contributed by atoms with Crippen LogP contribution in [0, 0.1) is 0 Å². The highest BCUT2D eigenvalue weighted by molar-refractivity contribution is 7.99. The first-order valence-electron chi connectivity index (χ1n) is 8.77. The molecule has 0 bridgehead atoms. The van der Waals surface area contributed by atoms with Crippen molar-refractivity contribution >= 4 is 23.8 Å². The van der Waals surface area contributed by atoms with Crippen LogP contribution in [0.4, 0.5) is 4.79 Å². The van der Waals surface area contributed by atoms with Crippen LogP contribution in [0.2, 0.25) is 0 Å². The Hall–Kier alpha value is -3.00. The number of esters is 1. The predicted molar refractivity (Wildman–Crippen MR) is 106 cm³/mol. The molecular formula is C20H21N3O4S. The zero-order valence-corrected chi connectivity index (χ0v) is 16.4. The molecule has 3 rings (SSSR count). The highest BCUT2D eigenvalue weighted by Crippen LogP contribution is 2.31. The summed E-state index contributed by atoms with van der Waals surface area (Å²) in [6.45, 7) is 1.99. The molecule has 146 valence electrons. The Labute approximate surface area is 167 Å². The number of ether oxygens (including phenoxy) is 2. The second-order valence-corrected chi connectivity index (χ2v) is 6.87. The molecule has 0 radical (unpaired) electrons. The molecule has 1 aliphatic heterocycles. The van der Waals surface area contributed by atoms with E-state index in [4.69, 9.17) is 9.47 Å². The normalized spacial score (nSPS) is 16.2. The average molecular weight is 399 g/mol. The molecule has 0 saturated heterocycles. The van der Waals surface area contributed by atoms with Gasteiger partial charge < -0.3 is 20.1 Å². The molecule has 1 atom stereocenters. The average Bonchev–Trinajstić information content (AvgIpc) is 2.72. The summed E-state index contributed by atoms with van der Waals surface area (Å²) in [5, 5.41) is 6.37. The summed E-state index contributed by atoms with van der Waals surface area (Å²) in [7, 11) is 1.58. The Kier molecular flexibility index (Phi) is 6.54. The van der Waals surface area contributed by atoms with Crippen molar-refractivity contribution in [1.29, 1.82) is 0 Å². The highest BCUT2D eigenvalue weighted by Gasteiger charge is 2.33.